The van der Waals surface area contributed by atoms with Crippen LogP contribution in [0, 0.1) is 10.5 Å². The molecule has 0 atom stereocenters. The first-order chi connectivity index (χ1) is 9.06. The highest BCUT2D eigenvalue weighted by atomic mass is 32.2. The lowest BCUT2D eigenvalue weighted by molar-refractivity contribution is 0.602. The van der Waals surface area contributed by atoms with Crippen LogP contribution in [0.25, 0.3) is 0 Å². The van der Waals surface area contributed by atoms with Crippen molar-refractivity contribution >= 4 is 24.0 Å². The monoisotopic (exact) mass is 294 g/mol. The third-order valence-electron chi connectivity index (χ3n) is 2.64. The van der Waals surface area contributed by atoms with E-state index in [9.17, 15) is 4.39 Å². The van der Waals surface area contributed by atoms with Crippen LogP contribution in [0.2, 0.25) is 0 Å². The van der Waals surface area contributed by atoms with E-state index in [1.807, 2.05) is 12.1 Å². The van der Waals surface area contributed by atoms with E-state index in [1.54, 1.807) is 12.1 Å². The summed E-state index contributed by atoms with van der Waals surface area (Å²) in [7, 11) is 0. The molecule has 0 spiro atoms. The van der Waals surface area contributed by atoms with Gasteiger partial charge in [0.25, 0.3) is 0 Å². The molecule has 0 aliphatic carbocycles. The molecule has 0 unspecified atom stereocenters. The van der Waals surface area contributed by atoms with E-state index in [2.05, 4.69) is 23.8 Å². The first-order valence-corrected chi connectivity index (χ1v) is 7.43. The molecule has 0 saturated carbocycles. The molecule has 1 N–H and O–H groups in total. The van der Waals surface area contributed by atoms with Crippen LogP contribution in [0.3, 0.4) is 0 Å². The second-order valence-corrected chi connectivity index (χ2v) is 5.93. The van der Waals surface area contributed by atoms with E-state index in [4.69, 9.17) is 12.2 Å². The predicted octanol–water partition coefficient (Wildman–Crippen LogP) is 4.69. The quantitative estimate of drug-likeness (QED) is 0.655. The van der Waals surface area contributed by atoms with Gasteiger partial charge in [-0.3, -0.25) is 0 Å². The van der Waals surface area contributed by atoms with Gasteiger partial charge < -0.3 is 4.98 Å². The summed E-state index contributed by atoms with van der Waals surface area (Å²) in [5.41, 5.74) is 1.06. The Bertz CT molecular complexity index is 623. The summed E-state index contributed by atoms with van der Waals surface area (Å²) in [5.74, 6) is 1.52. The Morgan fingerprint density at radius 1 is 1.37 bits per heavy atom. The first kappa shape index (κ1) is 14.2. The summed E-state index contributed by atoms with van der Waals surface area (Å²) in [5, 5.41) is 0. The zero-order valence-electron chi connectivity index (χ0n) is 10.8. The number of nitrogens with one attached hydrogen (secondary N) is 1. The van der Waals surface area contributed by atoms with E-state index in [1.165, 1.54) is 17.8 Å². The smallest absolute Gasteiger partial charge is 0.136 e. The van der Waals surface area contributed by atoms with Crippen molar-refractivity contribution in [3.05, 3.63) is 52.3 Å². The van der Waals surface area contributed by atoms with Crippen LogP contribution in [0.15, 0.2) is 35.2 Å². The van der Waals surface area contributed by atoms with Gasteiger partial charge >= 0.3 is 0 Å². The number of hydrogen-bond acceptors (Lipinski definition) is 3. The SMILES string of the molecule is CC(C)c1cc(=S)nc(CSc2ccccc2F)[nH]1. The standard InChI is InChI=1S/C14H15FN2S2/c1-9(2)11-7-14(18)17-13(16-11)8-19-12-6-4-3-5-10(12)15/h3-7,9H,8H2,1-2H3,(H,16,17,18). The van der Waals surface area contributed by atoms with Crippen LogP contribution in [-0.2, 0) is 5.75 Å². The number of aromatic nitrogens is 2. The van der Waals surface area contributed by atoms with Gasteiger partial charge in [-0.2, -0.15) is 0 Å². The summed E-state index contributed by atoms with van der Waals surface area (Å²) < 4.78 is 14.1. The molecule has 19 heavy (non-hydrogen) atoms. The van der Waals surface area contributed by atoms with Crippen molar-refractivity contribution in [3.8, 4) is 0 Å². The van der Waals surface area contributed by atoms with Crippen molar-refractivity contribution in [1.82, 2.24) is 9.97 Å². The summed E-state index contributed by atoms with van der Waals surface area (Å²) in [6.07, 6.45) is 0. The Labute approximate surface area is 121 Å². The number of nitrogens with zero attached hydrogens (tertiary/aromatic N) is 1. The highest BCUT2D eigenvalue weighted by Crippen LogP contribution is 2.24. The molecule has 0 aliphatic rings. The Morgan fingerprint density at radius 2 is 2.11 bits per heavy atom. The molecule has 2 nitrogen and oxygen atoms in total. The van der Waals surface area contributed by atoms with Gasteiger partial charge in [-0.25, -0.2) is 9.37 Å². The van der Waals surface area contributed by atoms with Crippen LogP contribution in [-0.4, -0.2) is 9.97 Å². The maximum Gasteiger partial charge on any atom is 0.136 e. The van der Waals surface area contributed by atoms with Crippen LogP contribution in [0.4, 0.5) is 4.39 Å². The van der Waals surface area contributed by atoms with Crippen LogP contribution >= 0.6 is 24.0 Å². The number of hydrogen-bond donors (Lipinski definition) is 1. The maximum atomic E-state index is 13.5. The number of rotatable bonds is 4. The lowest BCUT2D eigenvalue weighted by atomic mass is 10.1. The average molecular weight is 294 g/mol. The molecule has 0 bridgehead atoms. The second-order valence-electron chi connectivity index (χ2n) is 4.50. The van der Waals surface area contributed by atoms with Gasteiger partial charge in [-0.15, -0.1) is 11.8 Å². The van der Waals surface area contributed by atoms with Crippen molar-refractivity contribution in [2.75, 3.05) is 0 Å². The number of H-pyrrole nitrogens is 1. The maximum absolute atomic E-state index is 13.5. The molecular weight excluding hydrogens is 279 g/mol. The minimum atomic E-state index is -0.203. The minimum absolute atomic E-state index is 0.203. The predicted molar refractivity (Wildman–Crippen MR) is 79.5 cm³/mol. The lowest BCUT2D eigenvalue weighted by Crippen LogP contribution is -2.00. The number of thioether (sulfide) groups is 1. The van der Waals surface area contributed by atoms with Crippen molar-refractivity contribution < 1.29 is 4.39 Å². The zero-order valence-corrected chi connectivity index (χ0v) is 12.4. The summed E-state index contributed by atoms with van der Waals surface area (Å²) >= 11 is 6.56. The molecule has 0 amide bonds. The van der Waals surface area contributed by atoms with Crippen molar-refractivity contribution in [2.24, 2.45) is 0 Å². The van der Waals surface area contributed by atoms with E-state index in [-0.39, 0.29) is 5.82 Å². The normalized spacial score (nSPS) is 10.9. The van der Waals surface area contributed by atoms with E-state index in [0.29, 0.717) is 21.2 Å². The Hall–Kier alpha value is -1.20. The van der Waals surface area contributed by atoms with Gasteiger partial charge in [0.15, 0.2) is 0 Å². The van der Waals surface area contributed by atoms with E-state index in [0.717, 1.165) is 11.5 Å². The van der Waals surface area contributed by atoms with Crippen LogP contribution in [0.5, 0.6) is 0 Å². The molecule has 1 heterocycles. The number of aromatic amines is 1. The lowest BCUT2D eigenvalue weighted by Gasteiger charge is -2.08. The van der Waals surface area contributed by atoms with Crippen LogP contribution < -0.4 is 0 Å². The number of benzene rings is 1. The molecule has 1 aromatic carbocycles. The van der Waals surface area contributed by atoms with Crippen molar-refractivity contribution in [2.45, 2.75) is 30.4 Å². The van der Waals surface area contributed by atoms with Crippen LogP contribution in [0.1, 0.15) is 31.3 Å². The fraction of sp³-hybridized carbons (Fsp3) is 0.286. The fourth-order valence-corrected chi connectivity index (χ4v) is 2.66. The van der Waals surface area contributed by atoms with Gasteiger partial charge in [0, 0.05) is 10.6 Å². The molecular formula is C14H15FN2S2. The summed E-state index contributed by atoms with van der Waals surface area (Å²) in [6, 6.07) is 8.61. The molecule has 0 fully saturated rings. The molecule has 0 radical (unpaired) electrons. The Kier molecular flexibility index (Phi) is 4.71. The van der Waals surface area contributed by atoms with Gasteiger partial charge in [0.2, 0.25) is 0 Å². The topological polar surface area (TPSA) is 28.7 Å². The minimum Gasteiger partial charge on any atom is -0.346 e. The van der Waals surface area contributed by atoms with Crippen molar-refractivity contribution in [3.63, 3.8) is 0 Å². The molecule has 5 heteroatoms. The van der Waals surface area contributed by atoms with E-state index < -0.39 is 0 Å². The van der Waals surface area contributed by atoms with Gasteiger partial charge in [-0.05, 0) is 24.1 Å². The molecule has 100 valence electrons. The molecule has 1 aromatic heterocycles. The Balaban J connectivity index is 2.16. The highest BCUT2D eigenvalue weighted by molar-refractivity contribution is 7.98. The molecule has 2 rings (SSSR count). The summed E-state index contributed by atoms with van der Waals surface area (Å²) in [6.45, 7) is 4.18. The molecule has 0 aliphatic heterocycles. The fourth-order valence-electron chi connectivity index (χ4n) is 1.62. The van der Waals surface area contributed by atoms with Gasteiger partial charge in [0.1, 0.15) is 16.3 Å². The molecule has 2 aromatic rings. The van der Waals surface area contributed by atoms with Gasteiger partial charge in [-0.1, -0.05) is 38.2 Å². The Morgan fingerprint density at radius 3 is 2.79 bits per heavy atom. The average Bonchev–Trinajstić information content (AvgIpc) is 2.37. The molecule has 0 saturated heterocycles. The number of halogens is 1. The zero-order chi connectivity index (χ0) is 13.8. The third-order valence-corrected chi connectivity index (χ3v) is 3.90. The highest BCUT2D eigenvalue weighted by Gasteiger charge is 2.06. The summed E-state index contributed by atoms with van der Waals surface area (Å²) in [4.78, 5) is 8.15. The van der Waals surface area contributed by atoms with Gasteiger partial charge in [0.05, 0.1) is 5.75 Å². The first-order valence-electron chi connectivity index (χ1n) is 6.03. The third kappa shape index (κ3) is 3.88. The van der Waals surface area contributed by atoms with Crippen molar-refractivity contribution in [1.29, 1.82) is 0 Å². The second kappa shape index (κ2) is 6.30. The van der Waals surface area contributed by atoms with E-state index >= 15 is 0 Å². The largest absolute Gasteiger partial charge is 0.346 e.